The predicted octanol–water partition coefficient (Wildman–Crippen LogP) is 4.02. The zero-order valence-corrected chi connectivity index (χ0v) is 15.6. The lowest BCUT2D eigenvalue weighted by atomic mass is 9.79. The molecule has 2 heterocycles. The zero-order chi connectivity index (χ0) is 20.0. The summed E-state index contributed by atoms with van der Waals surface area (Å²) in [4.78, 5) is 28.2. The van der Waals surface area contributed by atoms with Crippen LogP contribution in [0.5, 0.6) is 0 Å². The van der Waals surface area contributed by atoms with Gasteiger partial charge in [-0.2, -0.15) is 0 Å². The van der Waals surface area contributed by atoms with E-state index in [4.69, 9.17) is 4.74 Å². The highest BCUT2D eigenvalue weighted by molar-refractivity contribution is 6.27. The topological polar surface area (TPSA) is 46.6 Å². The van der Waals surface area contributed by atoms with Gasteiger partial charge in [-0.1, -0.05) is 42.5 Å². The minimum absolute atomic E-state index is 0.330. The molecule has 29 heavy (non-hydrogen) atoms. The third kappa shape index (κ3) is 2.69. The van der Waals surface area contributed by atoms with Crippen molar-refractivity contribution >= 4 is 17.5 Å². The fraction of sp³-hybridized carbons (Fsp3) is 0.167. The number of imide groups is 1. The van der Waals surface area contributed by atoms with Gasteiger partial charge in [0, 0.05) is 17.5 Å². The lowest BCUT2D eigenvalue weighted by Gasteiger charge is -2.41. The van der Waals surface area contributed by atoms with Crippen LogP contribution in [0, 0.1) is 5.82 Å². The van der Waals surface area contributed by atoms with Crippen molar-refractivity contribution in [2.24, 2.45) is 0 Å². The molecule has 0 aliphatic carbocycles. The van der Waals surface area contributed by atoms with Crippen LogP contribution >= 0.6 is 0 Å². The molecular weight excluding hydrogens is 369 g/mol. The van der Waals surface area contributed by atoms with Crippen LogP contribution < -0.4 is 4.90 Å². The SMILES string of the molecule is O=C1c2ccccc2[C@@]2(Cc3ccccc3CCO2)C(=O)N1c1ccc(F)cc1. The Morgan fingerprint density at radius 1 is 0.862 bits per heavy atom. The van der Waals surface area contributed by atoms with Gasteiger partial charge >= 0.3 is 0 Å². The third-order valence-corrected chi connectivity index (χ3v) is 5.71. The van der Waals surface area contributed by atoms with Crippen molar-refractivity contribution in [3.63, 3.8) is 0 Å². The molecule has 144 valence electrons. The molecule has 3 aromatic carbocycles. The van der Waals surface area contributed by atoms with E-state index in [-0.39, 0.29) is 0 Å². The molecule has 0 saturated heterocycles. The maximum absolute atomic E-state index is 13.8. The van der Waals surface area contributed by atoms with Crippen molar-refractivity contribution in [1.82, 2.24) is 0 Å². The molecule has 0 N–H and O–H groups in total. The van der Waals surface area contributed by atoms with Crippen molar-refractivity contribution in [3.8, 4) is 0 Å². The van der Waals surface area contributed by atoms with Crippen molar-refractivity contribution < 1.29 is 18.7 Å². The number of fused-ring (bicyclic) bond motifs is 3. The number of hydrogen-bond acceptors (Lipinski definition) is 3. The van der Waals surface area contributed by atoms with Gasteiger partial charge in [0.05, 0.1) is 12.3 Å². The number of anilines is 1. The van der Waals surface area contributed by atoms with Gasteiger partial charge in [-0.05, 0) is 47.9 Å². The van der Waals surface area contributed by atoms with Crippen LogP contribution in [0.4, 0.5) is 10.1 Å². The fourth-order valence-corrected chi connectivity index (χ4v) is 4.29. The van der Waals surface area contributed by atoms with Crippen LogP contribution in [0.25, 0.3) is 0 Å². The molecule has 1 atom stereocenters. The summed E-state index contributed by atoms with van der Waals surface area (Å²) in [5, 5.41) is 0. The number of ether oxygens (including phenoxy) is 1. The summed E-state index contributed by atoms with van der Waals surface area (Å²) < 4.78 is 19.7. The van der Waals surface area contributed by atoms with Crippen LogP contribution in [0.15, 0.2) is 72.8 Å². The Kier molecular flexibility index (Phi) is 4.07. The average molecular weight is 387 g/mol. The number of amides is 2. The first kappa shape index (κ1) is 17.8. The first-order chi connectivity index (χ1) is 14.1. The minimum atomic E-state index is -1.30. The molecule has 5 heteroatoms. The monoisotopic (exact) mass is 387 g/mol. The molecular formula is C24H18FNO3. The molecule has 2 amide bonds. The number of carbonyl (C=O) groups is 2. The molecule has 0 fully saturated rings. The van der Waals surface area contributed by atoms with E-state index in [1.165, 1.54) is 24.3 Å². The highest BCUT2D eigenvalue weighted by atomic mass is 19.1. The van der Waals surface area contributed by atoms with Gasteiger partial charge in [-0.3, -0.25) is 9.59 Å². The first-order valence-corrected chi connectivity index (χ1v) is 9.55. The highest BCUT2D eigenvalue weighted by Gasteiger charge is 2.53. The Morgan fingerprint density at radius 3 is 2.34 bits per heavy atom. The normalized spacial score (nSPS) is 20.9. The molecule has 0 unspecified atom stereocenters. The molecule has 3 aromatic rings. The summed E-state index contributed by atoms with van der Waals surface area (Å²) in [6.07, 6.45) is 1.03. The molecule has 2 aliphatic rings. The second-order valence-corrected chi connectivity index (χ2v) is 7.34. The molecule has 1 spiro atoms. The second-order valence-electron chi connectivity index (χ2n) is 7.34. The third-order valence-electron chi connectivity index (χ3n) is 5.71. The van der Waals surface area contributed by atoms with Gasteiger partial charge < -0.3 is 4.74 Å². The minimum Gasteiger partial charge on any atom is -0.360 e. The Hall–Kier alpha value is -3.31. The predicted molar refractivity (Wildman–Crippen MR) is 106 cm³/mol. The lowest BCUT2D eigenvalue weighted by molar-refractivity contribution is -0.145. The van der Waals surface area contributed by atoms with Gasteiger partial charge in [0.1, 0.15) is 5.82 Å². The molecule has 0 saturated carbocycles. The summed E-state index contributed by atoms with van der Waals surface area (Å²) in [5.41, 5.74) is 2.21. The van der Waals surface area contributed by atoms with Crippen LogP contribution in [0.1, 0.15) is 27.0 Å². The van der Waals surface area contributed by atoms with Crippen molar-refractivity contribution in [2.45, 2.75) is 18.4 Å². The van der Waals surface area contributed by atoms with Crippen LogP contribution in [-0.2, 0) is 28.0 Å². The molecule has 5 rings (SSSR count). The molecule has 0 radical (unpaired) electrons. The van der Waals surface area contributed by atoms with E-state index in [2.05, 4.69) is 0 Å². The number of hydrogen-bond donors (Lipinski definition) is 0. The fourth-order valence-electron chi connectivity index (χ4n) is 4.29. The largest absolute Gasteiger partial charge is 0.360 e. The highest BCUT2D eigenvalue weighted by Crippen LogP contribution is 2.42. The van der Waals surface area contributed by atoms with E-state index in [1.807, 2.05) is 30.3 Å². The quantitative estimate of drug-likeness (QED) is 0.593. The number of benzene rings is 3. The average Bonchev–Trinajstić information content (AvgIpc) is 2.94. The van der Waals surface area contributed by atoms with Crippen LogP contribution in [0.3, 0.4) is 0 Å². The van der Waals surface area contributed by atoms with Crippen LogP contribution in [0.2, 0.25) is 0 Å². The number of rotatable bonds is 1. The molecule has 4 nitrogen and oxygen atoms in total. The maximum Gasteiger partial charge on any atom is 0.271 e. The van der Waals surface area contributed by atoms with Gasteiger partial charge in [-0.25, -0.2) is 9.29 Å². The number of nitrogens with zero attached hydrogens (tertiary/aromatic N) is 1. The smallest absolute Gasteiger partial charge is 0.271 e. The van der Waals surface area contributed by atoms with Crippen molar-refractivity contribution in [3.05, 3.63) is 101 Å². The maximum atomic E-state index is 13.8. The van der Waals surface area contributed by atoms with E-state index in [1.54, 1.807) is 18.2 Å². The Bertz CT molecular complexity index is 1120. The van der Waals surface area contributed by atoms with E-state index in [0.717, 1.165) is 16.0 Å². The van der Waals surface area contributed by atoms with E-state index in [0.29, 0.717) is 36.3 Å². The van der Waals surface area contributed by atoms with E-state index >= 15 is 0 Å². The summed E-state index contributed by atoms with van der Waals surface area (Å²) in [6.45, 7) is 0.364. The van der Waals surface area contributed by atoms with Gasteiger partial charge in [0.2, 0.25) is 0 Å². The lowest BCUT2D eigenvalue weighted by Crippen LogP contribution is -2.57. The van der Waals surface area contributed by atoms with E-state index in [9.17, 15) is 14.0 Å². The van der Waals surface area contributed by atoms with E-state index < -0.39 is 23.2 Å². The van der Waals surface area contributed by atoms with Crippen LogP contribution in [-0.4, -0.2) is 18.4 Å². The molecule has 2 aliphatic heterocycles. The summed E-state index contributed by atoms with van der Waals surface area (Å²) in [5.74, 6) is -1.30. The Morgan fingerprint density at radius 2 is 1.55 bits per heavy atom. The number of carbonyl (C=O) groups excluding carboxylic acids is 2. The molecule has 0 bridgehead atoms. The summed E-state index contributed by atoms with van der Waals surface area (Å²) >= 11 is 0. The van der Waals surface area contributed by atoms with Crippen molar-refractivity contribution in [1.29, 1.82) is 0 Å². The standard InChI is InChI=1S/C24H18FNO3/c25-18-9-11-19(12-10-18)26-22(27)20-7-3-4-8-21(20)24(23(26)28)15-17-6-2-1-5-16(17)13-14-29-24/h1-12H,13-15H2/t24-/m0/s1. The first-order valence-electron chi connectivity index (χ1n) is 9.55. The zero-order valence-electron chi connectivity index (χ0n) is 15.6. The summed E-state index contributed by atoms with van der Waals surface area (Å²) in [6, 6.07) is 20.4. The van der Waals surface area contributed by atoms with Crippen molar-refractivity contribution in [2.75, 3.05) is 11.5 Å². The van der Waals surface area contributed by atoms with Gasteiger partial charge in [-0.15, -0.1) is 0 Å². The molecule has 0 aromatic heterocycles. The Balaban J connectivity index is 1.72. The second kappa shape index (κ2) is 6.64. The van der Waals surface area contributed by atoms with Gasteiger partial charge in [0.25, 0.3) is 11.8 Å². The van der Waals surface area contributed by atoms with Gasteiger partial charge in [0.15, 0.2) is 5.60 Å². The summed E-state index contributed by atoms with van der Waals surface area (Å²) in [7, 11) is 0. The Labute approximate surface area is 167 Å². The number of halogens is 1.